The quantitative estimate of drug-likeness (QED) is 0.522. The van der Waals surface area contributed by atoms with Crippen LogP contribution in [0.15, 0.2) is 47.5 Å². The fraction of sp³-hybridized carbons (Fsp3) is 0.318. The summed E-state index contributed by atoms with van der Waals surface area (Å²) in [5.74, 6) is 0.170. The Kier molecular flexibility index (Phi) is 5.69. The SMILES string of the molecule is CC(=O)CC[C@H](C)c1cn(S(=O)(=O)c2ccc(C)cc2)c2cc(Cl)c(C)cc12. The van der Waals surface area contributed by atoms with Crippen molar-refractivity contribution in [2.75, 3.05) is 0 Å². The predicted octanol–water partition coefficient (Wildman–Crippen LogP) is 5.62. The number of aromatic nitrogens is 1. The lowest BCUT2D eigenvalue weighted by Crippen LogP contribution is -2.12. The average molecular weight is 418 g/mol. The standard InChI is InChI=1S/C22H24ClNO3S/c1-14-5-9-18(10-6-14)28(26,27)24-13-20(15(2)7-8-17(4)25)19-11-16(3)21(23)12-22(19)24/h5-6,9-13,15H,7-8H2,1-4H3/t15-/m0/s1. The second-order valence-electron chi connectivity index (χ2n) is 7.46. The number of ketones is 1. The van der Waals surface area contributed by atoms with Crippen molar-refractivity contribution in [1.82, 2.24) is 3.97 Å². The van der Waals surface area contributed by atoms with E-state index in [9.17, 15) is 13.2 Å². The van der Waals surface area contributed by atoms with Crippen molar-refractivity contribution < 1.29 is 13.2 Å². The van der Waals surface area contributed by atoms with Crippen LogP contribution in [-0.2, 0) is 14.8 Å². The number of nitrogens with zero attached hydrogens (tertiary/aromatic N) is 1. The van der Waals surface area contributed by atoms with Crippen LogP contribution in [0.25, 0.3) is 10.9 Å². The number of halogens is 1. The summed E-state index contributed by atoms with van der Waals surface area (Å²) in [7, 11) is -3.76. The first-order chi connectivity index (χ1) is 13.1. The Bertz CT molecular complexity index is 1140. The van der Waals surface area contributed by atoms with Gasteiger partial charge in [-0.2, -0.15) is 0 Å². The van der Waals surface area contributed by atoms with Gasteiger partial charge in [-0.15, -0.1) is 0 Å². The van der Waals surface area contributed by atoms with E-state index in [-0.39, 0.29) is 16.6 Å². The molecule has 3 rings (SSSR count). The Labute approximate surface area is 171 Å². The van der Waals surface area contributed by atoms with Gasteiger partial charge in [0.2, 0.25) is 0 Å². The second-order valence-corrected chi connectivity index (χ2v) is 9.68. The molecular formula is C22H24ClNO3S. The van der Waals surface area contributed by atoms with Crippen LogP contribution in [0.1, 0.15) is 49.3 Å². The molecule has 0 radical (unpaired) electrons. The molecule has 1 atom stereocenters. The first-order valence-electron chi connectivity index (χ1n) is 9.24. The minimum atomic E-state index is -3.76. The molecule has 0 unspecified atom stereocenters. The number of carbonyl (C=O) groups excluding carboxylic acids is 1. The van der Waals surface area contributed by atoms with Crippen LogP contribution in [0.2, 0.25) is 5.02 Å². The Balaban J connectivity index is 2.21. The Morgan fingerprint density at radius 1 is 1.14 bits per heavy atom. The number of hydrogen-bond donors (Lipinski definition) is 0. The molecule has 1 heterocycles. The first kappa shape index (κ1) is 20.6. The van der Waals surface area contributed by atoms with Gasteiger partial charge >= 0.3 is 0 Å². The number of fused-ring (bicyclic) bond motifs is 1. The third kappa shape index (κ3) is 3.87. The molecule has 0 N–H and O–H groups in total. The monoisotopic (exact) mass is 417 g/mol. The molecule has 0 fully saturated rings. The third-order valence-electron chi connectivity index (χ3n) is 5.12. The van der Waals surface area contributed by atoms with Gasteiger partial charge < -0.3 is 4.79 Å². The molecule has 2 aromatic carbocycles. The number of rotatable bonds is 6. The van der Waals surface area contributed by atoms with E-state index in [1.807, 2.05) is 26.8 Å². The number of hydrogen-bond acceptors (Lipinski definition) is 3. The van der Waals surface area contributed by atoms with Crippen LogP contribution in [0.5, 0.6) is 0 Å². The molecule has 0 aliphatic rings. The van der Waals surface area contributed by atoms with Crippen LogP contribution in [0, 0.1) is 13.8 Å². The minimum absolute atomic E-state index is 0.0430. The zero-order valence-electron chi connectivity index (χ0n) is 16.5. The second kappa shape index (κ2) is 7.72. The van der Waals surface area contributed by atoms with E-state index in [0.29, 0.717) is 23.4 Å². The Morgan fingerprint density at radius 2 is 1.79 bits per heavy atom. The maximum atomic E-state index is 13.3. The highest BCUT2D eigenvalue weighted by Crippen LogP contribution is 2.35. The van der Waals surface area contributed by atoms with Gasteiger partial charge in [0.05, 0.1) is 10.4 Å². The van der Waals surface area contributed by atoms with Crippen molar-refractivity contribution in [3.05, 3.63) is 64.3 Å². The van der Waals surface area contributed by atoms with E-state index in [1.165, 1.54) is 3.97 Å². The molecule has 0 aliphatic heterocycles. The summed E-state index contributed by atoms with van der Waals surface area (Å²) < 4.78 is 28.0. The van der Waals surface area contributed by atoms with Crippen molar-refractivity contribution in [2.45, 2.75) is 51.3 Å². The van der Waals surface area contributed by atoms with Crippen LogP contribution >= 0.6 is 11.6 Å². The topological polar surface area (TPSA) is 56.1 Å². The number of Topliss-reactive ketones (excluding diaryl/α,β-unsaturated/α-hetero) is 1. The maximum absolute atomic E-state index is 13.3. The van der Waals surface area contributed by atoms with Gasteiger partial charge in [0.25, 0.3) is 10.0 Å². The Hall–Kier alpha value is -2.11. The van der Waals surface area contributed by atoms with Crippen molar-refractivity contribution in [3.63, 3.8) is 0 Å². The van der Waals surface area contributed by atoms with Crippen molar-refractivity contribution in [1.29, 1.82) is 0 Å². The molecule has 0 aliphatic carbocycles. The molecule has 148 valence electrons. The summed E-state index contributed by atoms with van der Waals surface area (Å²) in [5.41, 5.74) is 3.35. The highest BCUT2D eigenvalue weighted by atomic mass is 35.5. The van der Waals surface area contributed by atoms with E-state index in [2.05, 4.69) is 0 Å². The van der Waals surface area contributed by atoms with Gasteiger partial charge in [0.1, 0.15) is 5.78 Å². The van der Waals surface area contributed by atoms with Crippen LogP contribution in [0.3, 0.4) is 0 Å². The molecule has 0 spiro atoms. The molecule has 6 heteroatoms. The summed E-state index contributed by atoms with van der Waals surface area (Å²) in [6.07, 6.45) is 2.81. The van der Waals surface area contributed by atoms with Crippen molar-refractivity contribution in [3.8, 4) is 0 Å². The summed E-state index contributed by atoms with van der Waals surface area (Å²) in [6.45, 7) is 7.41. The highest BCUT2D eigenvalue weighted by Gasteiger charge is 2.24. The summed E-state index contributed by atoms with van der Waals surface area (Å²) in [6, 6.07) is 10.4. The van der Waals surface area contributed by atoms with E-state index >= 15 is 0 Å². The largest absolute Gasteiger partial charge is 0.300 e. The third-order valence-corrected chi connectivity index (χ3v) is 7.21. The smallest absolute Gasteiger partial charge is 0.268 e. The zero-order chi connectivity index (χ0) is 20.6. The molecule has 0 amide bonds. The summed E-state index contributed by atoms with van der Waals surface area (Å²) in [5, 5.41) is 1.38. The van der Waals surface area contributed by atoms with E-state index < -0.39 is 10.0 Å². The lowest BCUT2D eigenvalue weighted by atomic mass is 9.94. The molecule has 0 bridgehead atoms. The van der Waals surface area contributed by atoms with Gasteiger partial charge in [-0.1, -0.05) is 36.2 Å². The number of benzene rings is 2. The predicted molar refractivity (Wildman–Crippen MR) is 114 cm³/mol. The molecule has 3 aromatic rings. The molecular weight excluding hydrogens is 394 g/mol. The molecule has 1 aromatic heterocycles. The molecule has 28 heavy (non-hydrogen) atoms. The van der Waals surface area contributed by atoms with Gasteiger partial charge in [0, 0.05) is 23.0 Å². The number of aryl methyl sites for hydroxylation is 2. The molecule has 0 saturated carbocycles. The maximum Gasteiger partial charge on any atom is 0.268 e. The zero-order valence-corrected chi connectivity index (χ0v) is 18.1. The van der Waals surface area contributed by atoms with Gasteiger partial charge in [-0.3, -0.25) is 0 Å². The fourth-order valence-corrected chi connectivity index (χ4v) is 4.87. The van der Waals surface area contributed by atoms with E-state index in [0.717, 1.165) is 22.1 Å². The fourth-order valence-electron chi connectivity index (χ4n) is 3.34. The molecule has 4 nitrogen and oxygen atoms in total. The lowest BCUT2D eigenvalue weighted by Gasteiger charge is -2.09. The first-order valence-corrected chi connectivity index (χ1v) is 11.1. The Morgan fingerprint density at radius 3 is 2.39 bits per heavy atom. The van der Waals surface area contributed by atoms with Gasteiger partial charge in [-0.05, 0) is 68.5 Å². The molecule has 0 saturated heterocycles. The van der Waals surface area contributed by atoms with Crippen molar-refractivity contribution >= 4 is 38.3 Å². The van der Waals surface area contributed by atoms with Gasteiger partial charge in [0.15, 0.2) is 0 Å². The minimum Gasteiger partial charge on any atom is -0.300 e. The summed E-state index contributed by atoms with van der Waals surface area (Å²) in [4.78, 5) is 11.6. The highest BCUT2D eigenvalue weighted by molar-refractivity contribution is 7.90. The average Bonchev–Trinajstić information content (AvgIpc) is 2.99. The lowest BCUT2D eigenvalue weighted by molar-refractivity contribution is -0.117. The van der Waals surface area contributed by atoms with Crippen LogP contribution in [0.4, 0.5) is 0 Å². The summed E-state index contributed by atoms with van der Waals surface area (Å²) >= 11 is 6.32. The van der Waals surface area contributed by atoms with E-state index in [4.69, 9.17) is 11.6 Å². The van der Waals surface area contributed by atoms with Crippen molar-refractivity contribution in [2.24, 2.45) is 0 Å². The van der Waals surface area contributed by atoms with Crippen LogP contribution < -0.4 is 0 Å². The van der Waals surface area contributed by atoms with Crippen LogP contribution in [-0.4, -0.2) is 18.2 Å². The van der Waals surface area contributed by atoms with E-state index in [1.54, 1.807) is 43.5 Å². The normalized spacial score (nSPS) is 13.0. The number of carbonyl (C=O) groups is 1. The van der Waals surface area contributed by atoms with Gasteiger partial charge in [-0.25, -0.2) is 12.4 Å².